The van der Waals surface area contributed by atoms with Crippen LogP contribution in [0.2, 0.25) is 0 Å². The van der Waals surface area contributed by atoms with Crippen LogP contribution in [0.5, 0.6) is 5.75 Å². The molecule has 0 fully saturated rings. The van der Waals surface area contributed by atoms with Crippen molar-refractivity contribution in [3.63, 3.8) is 0 Å². The van der Waals surface area contributed by atoms with Crippen molar-refractivity contribution in [1.29, 1.82) is 0 Å². The van der Waals surface area contributed by atoms with Gasteiger partial charge < -0.3 is 9.30 Å². The van der Waals surface area contributed by atoms with Crippen LogP contribution in [0.4, 0.5) is 0 Å². The number of hydrogen-bond acceptors (Lipinski definition) is 2. The minimum Gasteiger partial charge on any atom is -0.493 e. The van der Waals surface area contributed by atoms with Crippen LogP contribution in [0.25, 0.3) is 10.9 Å². The first kappa shape index (κ1) is 15.6. The lowest BCUT2D eigenvalue weighted by Crippen LogP contribution is -2.04. The van der Waals surface area contributed by atoms with Gasteiger partial charge in [0.1, 0.15) is 5.75 Å². The van der Waals surface area contributed by atoms with Crippen molar-refractivity contribution in [3.05, 3.63) is 29.5 Å². The molecule has 0 bridgehead atoms. The molecule has 0 aliphatic carbocycles. The SMILES string of the molecule is CCCCn1c(C)c(C=O)c2cc(OCC(C)C)ccc21. The van der Waals surface area contributed by atoms with Gasteiger partial charge in [0.15, 0.2) is 6.29 Å². The Bertz CT molecular complexity index is 626. The molecule has 2 aromatic rings. The van der Waals surface area contributed by atoms with Crippen LogP contribution in [-0.4, -0.2) is 17.5 Å². The number of fused-ring (bicyclic) bond motifs is 1. The minimum absolute atomic E-state index is 0.488. The Hall–Kier alpha value is -1.77. The third kappa shape index (κ3) is 3.29. The molecule has 2 rings (SSSR count). The summed E-state index contributed by atoms with van der Waals surface area (Å²) >= 11 is 0. The van der Waals surface area contributed by atoms with Crippen LogP contribution in [-0.2, 0) is 6.54 Å². The zero-order chi connectivity index (χ0) is 15.4. The monoisotopic (exact) mass is 287 g/mol. The lowest BCUT2D eigenvalue weighted by molar-refractivity contribution is 0.112. The summed E-state index contributed by atoms with van der Waals surface area (Å²) in [6.45, 7) is 10.1. The van der Waals surface area contributed by atoms with Crippen molar-refractivity contribution in [2.45, 2.75) is 47.1 Å². The van der Waals surface area contributed by atoms with E-state index in [0.717, 1.165) is 53.6 Å². The maximum atomic E-state index is 11.5. The van der Waals surface area contributed by atoms with E-state index in [-0.39, 0.29) is 0 Å². The predicted molar refractivity (Wildman–Crippen MR) is 87.3 cm³/mol. The van der Waals surface area contributed by atoms with E-state index in [0.29, 0.717) is 12.5 Å². The van der Waals surface area contributed by atoms with Crippen molar-refractivity contribution in [2.75, 3.05) is 6.61 Å². The molecular weight excluding hydrogens is 262 g/mol. The van der Waals surface area contributed by atoms with E-state index in [4.69, 9.17) is 4.74 Å². The first-order chi connectivity index (χ1) is 10.1. The van der Waals surface area contributed by atoms with Crippen molar-refractivity contribution in [1.82, 2.24) is 4.57 Å². The maximum Gasteiger partial charge on any atom is 0.152 e. The molecule has 1 aromatic heterocycles. The Kier molecular flexibility index (Phi) is 5.05. The van der Waals surface area contributed by atoms with Gasteiger partial charge in [-0.2, -0.15) is 0 Å². The van der Waals surface area contributed by atoms with Gasteiger partial charge in [0.2, 0.25) is 0 Å². The fourth-order valence-corrected chi connectivity index (χ4v) is 2.59. The summed E-state index contributed by atoms with van der Waals surface area (Å²) in [5.41, 5.74) is 2.96. The fraction of sp³-hybridized carbons (Fsp3) is 0.500. The summed E-state index contributed by atoms with van der Waals surface area (Å²) in [4.78, 5) is 11.5. The summed E-state index contributed by atoms with van der Waals surface area (Å²) in [7, 11) is 0. The van der Waals surface area contributed by atoms with E-state index in [1.54, 1.807) is 0 Å². The molecule has 1 heterocycles. The number of carbonyl (C=O) groups excluding carboxylic acids is 1. The van der Waals surface area contributed by atoms with E-state index in [9.17, 15) is 4.79 Å². The van der Waals surface area contributed by atoms with E-state index in [2.05, 4.69) is 31.4 Å². The van der Waals surface area contributed by atoms with Gasteiger partial charge in [-0.15, -0.1) is 0 Å². The summed E-state index contributed by atoms with van der Waals surface area (Å²) in [5, 5.41) is 1.000. The van der Waals surface area contributed by atoms with Crippen molar-refractivity contribution < 1.29 is 9.53 Å². The standard InChI is InChI=1S/C18H25NO2/c1-5-6-9-19-14(4)17(11-20)16-10-15(7-8-18(16)19)21-12-13(2)3/h7-8,10-11,13H,5-6,9,12H2,1-4H3. The molecule has 0 saturated heterocycles. The van der Waals surface area contributed by atoms with Crippen LogP contribution in [0.15, 0.2) is 18.2 Å². The molecule has 0 aliphatic rings. The predicted octanol–water partition coefficient (Wildman–Crippen LogP) is 4.60. The molecule has 0 radical (unpaired) electrons. The Balaban J connectivity index is 2.43. The highest BCUT2D eigenvalue weighted by Gasteiger charge is 2.14. The zero-order valence-corrected chi connectivity index (χ0v) is 13.5. The topological polar surface area (TPSA) is 31.2 Å². The zero-order valence-electron chi connectivity index (χ0n) is 13.5. The highest BCUT2D eigenvalue weighted by atomic mass is 16.5. The average Bonchev–Trinajstić information content (AvgIpc) is 2.73. The van der Waals surface area contributed by atoms with Gasteiger partial charge in [-0.05, 0) is 37.5 Å². The number of ether oxygens (including phenoxy) is 1. The molecule has 0 saturated carbocycles. The lowest BCUT2D eigenvalue weighted by Gasteiger charge is -2.10. The van der Waals surface area contributed by atoms with E-state index in [1.165, 1.54) is 0 Å². The second-order valence-corrected chi connectivity index (χ2v) is 6.01. The van der Waals surface area contributed by atoms with Crippen molar-refractivity contribution in [3.8, 4) is 5.75 Å². The maximum absolute atomic E-state index is 11.5. The lowest BCUT2D eigenvalue weighted by atomic mass is 10.1. The Morgan fingerprint density at radius 3 is 2.71 bits per heavy atom. The molecule has 3 heteroatoms. The van der Waals surface area contributed by atoms with Crippen LogP contribution in [0, 0.1) is 12.8 Å². The van der Waals surface area contributed by atoms with Gasteiger partial charge in [0.25, 0.3) is 0 Å². The number of aromatic nitrogens is 1. The minimum atomic E-state index is 0.488. The molecule has 0 unspecified atom stereocenters. The molecule has 3 nitrogen and oxygen atoms in total. The molecule has 114 valence electrons. The number of nitrogens with zero attached hydrogens (tertiary/aromatic N) is 1. The Morgan fingerprint density at radius 1 is 1.33 bits per heavy atom. The smallest absolute Gasteiger partial charge is 0.152 e. The Labute approximate surface area is 126 Å². The normalized spacial score (nSPS) is 11.3. The first-order valence-electron chi connectivity index (χ1n) is 7.79. The Morgan fingerprint density at radius 2 is 2.10 bits per heavy atom. The summed E-state index contributed by atoms with van der Waals surface area (Å²) in [5.74, 6) is 1.33. The van der Waals surface area contributed by atoms with Crippen molar-refractivity contribution >= 4 is 17.2 Å². The fourth-order valence-electron chi connectivity index (χ4n) is 2.59. The largest absolute Gasteiger partial charge is 0.493 e. The molecular formula is C18H25NO2. The van der Waals surface area contributed by atoms with Gasteiger partial charge in [-0.1, -0.05) is 27.2 Å². The van der Waals surface area contributed by atoms with Gasteiger partial charge in [-0.25, -0.2) is 0 Å². The van der Waals surface area contributed by atoms with E-state index >= 15 is 0 Å². The van der Waals surface area contributed by atoms with Crippen molar-refractivity contribution in [2.24, 2.45) is 5.92 Å². The average molecular weight is 287 g/mol. The highest BCUT2D eigenvalue weighted by Crippen LogP contribution is 2.29. The van der Waals surface area contributed by atoms with E-state index < -0.39 is 0 Å². The second kappa shape index (κ2) is 6.79. The summed E-state index contributed by atoms with van der Waals surface area (Å²) in [6, 6.07) is 6.07. The number of carbonyl (C=O) groups is 1. The van der Waals surface area contributed by atoms with Gasteiger partial charge >= 0.3 is 0 Å². The van der Waals surface area contributed by atoms with Crippen LogP contribution < -0.4 is 4.74 Å². The number of unbranched alkanes of at least 4 members (excludes halogenated alkanes) is 1. The third-order valence-corrected chi connectivity index (χ3v) is 3.78. The summed E-state index contributed by atoms with van der Waals surface area (Å²) < 4.78 is 8.02. The van der Waals surface area contributed by atoms with Gasteiger partial charge in [0.05, 0.1) is 6.61 Å². The van der Waals surface area contributed by atoms with Crippen LogP contribution in [0.1, 0.15) is 49.7 Å². The highest BCUT2D eigenvalue weighted by molar-refractivity contribution is 6.00. The number of aryl methyl sites for hydroxylation is 1. The molecule has 0 N–H and O–H groups in total. The van der Waals surface area contributed by atoms with Gasteiger partial charge in [0, 0.05) is 28.7 Å². The number of rotatable bonds is 7. The van der Waals surface area contributed by atoms with Gasteiger partial charge in [-0.3, -0.25) is 4.79 Å². The molecule has 0 spiro atoms. The quantitative estimate of drug-likeness (QED) is 0.697. The second-order valence-electron chi connectivity index (χ2n) is 6.01. The first-order valence-corrected chi connectivity index (χ1v) is 7.79. The summed E-state index contributed by atoms with van der Waals surface area (Å²) in [6.07, 6.45) is 3.23. The number of hydrogen-bond donors (Lipinski definition) is 0. The molecule has 0 atom stereocenters. The molecule has 1 aromatic carbocycles. The van der Waals surface area contributed by atoms with Crippen LogP contribution in [0.3, 0.4) is 0 Å². The number of aldehydes is 1. The molecule has 0 aliphatic heterocycles. The van der Waals surface area contributed by atoms with Crippen LogP contribution >= 0.6 is 0 Å². The number of benzene rings is 1. The third-order valence-electron chi connectivity index (χ3n) is 3.78. The molecule has 21 heavy (non-hydrogen) atoms. The van der Waals surface area contributed by atoms with E-state index in [1.807, 2.05) is 19.1 Å². The molecule has 0 amide bonds.